The molecule has 0 spiro atoms. The van der Waals surface area contributed by atoms with Crippen molar-refractivity contribution < 1.29 is 24.4 Å². The molecule has 2 unspecified atom stereocenters. The number of likely N-dealkylation sites (tertiary alicyclic amines) is 1. The summed E-state index contributed by atoms with van der Waals surface area (Å²) in [7, 11) is 0. The lowest BCUT2D eigenvalue weighted by atomic mass is 10.2. The number of hydrogen-bond acceptors (Lipinski definition) is 5. The Bertz CT molecular complexity index is 547. The van der Waals surface area contributed by atoms with E-state index in [2.05, 4.69) is 0 Å². The van der Waals surface area contributed by atoms with Crippen LogP contribution in [0, 0.1) is 10.1 Å². The molecule has 0 aromatic heterocycles. The van der Waals surface area contributed by atoms with E-state index in [1.165, 1.54) is 0 Å². The molecule has 8 heteroatoms. The van der Waals surface area contributed by atoms with E-state index in [1.807, 2.05) is 6.07 Å². The van der Waals surface area contributed by atoms with Gasteiger partial charge in [-0.2, -0.15) is 0 Å². The highest BCUT2D eigenvalue weighted by molar-refractivity contribution is 5.80. The second-order valence-electron chi connectivity index (χ2n) is 4.72. The van der Waals surface area contributed by atoms with Crippen molar-refractivity contribution in [2.75, 3.05) is 6.54 Å². The predicted molar refractivity (Wildman–Crippen MR) is 70.2 cm³/mol. The predicted octanol–water partition coefficient (Wildman–Crippen LogP) is 1.13. The Hall–Kier alpha value is -2.64. The highest BCUT2D eigenvalue weighted by atomic mass is 16.6. The van der Waals surface area contributed by atoms with Crippen LogP contribution in [0.15, 0.2) is 30.3 Å². The summed E-state index contributed by atoms with van der Waals surface area (Å²) in [6, 6.07) is 6.59. The monoisotopic (exact) mass is 294 g/mol. The Labute approximate surface area is 120 Å². The minimum absolute atomic E-state index is 0.00829. The molecule has 0 radical (unpaired) electrons. The van der Waals surface area contributed by atoms with Crippen molar-refractivity contribution in [3.05, 3.63) is 46.0 Å². The number of aliphatic carboxylic acids is 1. The fourth-order valence-electron chi connectivity index (χ4n) is 2.20. The maximum Gasteiger partial charge on any atom is 0.411 e. The molecule has 1 aliphatic heterocycles. The van der Waals surface area contributed by atoms with Crippen molar-refractivity contribution in [2.45, 2.75) is 25.1 Å². The second-order valence-corrected chi connectivity index (χ2v) is 4.72. The lowest BCUT2D eigenvalue weighted by Gasteiger charge is -2.19. The first-order chi connectivity index (χ1) is 9.99. The number of hydrogen-bond donors (Lipinski definition) is 1. The third-order valence-electron chi connectivity index (χ3n) is 3.30. The molecule has 1 aromatic rings. The zero-order valence-corrected chi connectivity index (χ0v) is 11.0. The Morgan fingerprint density at radius 3 is 2.62 bits per heavy atom. The summed E-state index contributed by atoms with van der Waals surface area (Å²) >= 11 is 0. The van der Waals surface area contributed by atoms with Crippen LogP contribution in [-0.4, -0.2) is 45.6 Å². The standard InChI is InChI=1S/C13H14N2O6/c16-12(17)11-6-10(15(19)20)7-14(11)13(18)21-8-9-4-2-1-3-5-9/h1-5,10-11H,6-8H2,(H,16,17). The number of ether oxygens (including phenoxy) is 1. The van der Waals surface area contributed by atoms with Gasteiger partial charge in [-0.25, -0.2) is 9.59 Å². The molecular formula is C13H14N2O6. The first-order valence-corrected chi connectivity index (χ1v) is 6.32. The number of nitrogens with zero attached hydrogens (tertiary/aromatic N) is 2. The van der Waals surface area contributed by atoms with E-state index in [-0.39, 0.29) is 19.6 Å². The van der Waals surface area contributed by atoms with Gasteiger partial charge in [0.1, 0.15) is 12.6 Å². The van der Waals surface area contributed by atoms with Gasteiger partial charge in [0.2, 0.25) is 6.04 Å². The lowest BCUT2D eigenvalue weighted by molar-refractivity contribution is -0.518. The summed E-state index contributed by atoms with van der Waals surface area (Å²) < 4.78 is 5.02. The van der Waals surface area contributed by atoms with Crippen LogP contribution in [0.5, 0.6) is 0 Å². The van der Waals surface area contributed by atoms with E-state index in [1.54, 1.807) is 24.3 Å². The van der Waals surface area contributed by atoms with Crippen molar-refractivity contribution in [1.82, 2.24) is 4.90 Å². The summed E-state index contributed by atoms with van der Waals surface area (Å²) in [5.41, 5.74) is 0.753. The smallest absolute Gasteiger partial charge is 0.411 e. The zero-order chi connectivity index (χ0) is 15.4. The Morgan fingerprint density at radius 1 is 1.38 bits per heavy atom. The molecule has 1 heterocycles. The number of carbonyl (C=O) groups excluding carboxylic acids is 1. The molecule has 1 aliphatic rings. The summed E-state index contributed by atoms with van der Waals surface area (Å²) in [5.74, 6) is -1.27. The van der Waals surface area contributed by atoms with Crippen LogP contribution in [0.2, 0.25) is 0 Å². The Morgan fingerprint density at radius 2 is 2.05 bits per heavy atom. The van der Waals surface area contributed by atoms with E-state index in [0.29, 0.717) is 0 Å². The summed E-state index contributed by atoms with van der Waals surface area (Å²) in [4.78, 5) is 34.1. The van der Waals surface area contributed by atoms with E-state index >= 15 is 0 Å². The van der Waals surface area contributed by atoms with Gasteiger partial charge in [0.15, 0.2) is 0 Å². The summed E-state index contributed by atoms with van der Waals surface area (Å²) in [6.07, 6.45) is -1.06. The van der Waals surface area contributed by atoms with Crippen molar-refractivity contribution in [3.63, 3.8) is 0 Å². The van der Waals surface area contributed by atoms with Gasteiger partial charge in [-0.3, -0.25) is 15.0 Å². The fraction of sp³-hybridized carbons (Fsp3) is 0.385. The molecule has 0 aliphatic carbocycles. The van der Waals surface area contributed by atoms with Crippen LogP contribution in [0.4, 0.5) is 4.79 Å². The topological polar surface area (TPSA) is 110 Å². The number of carboxylic acids is 1. The van der Waals surface area contributed by atoms with Gasteiger partial charge in [0.05, 0.1) is 6.54 Å². The van der Waals surface area contributed by atoms with E-state index in [9.17, 15) is 19.7 Å². The fourth-order valence-corrected chi connectivity index (χ4v) is 2.20. The van der Waals surface area contributed by atoms with Crippen LogP contribution in [0.25, 0.3) is 0 Å². The van der Waals surface area contributed by atoms with Gasteiger partial charge in [0.25, 0.3) is 0 Å². The van der Waals surface area contributed by atoms with Gasteiger partial charge >= 0.3 is 12.1 Å². The average Bonchev–Trinajstić information content (AvgIpc) is 2.91. The van der Waals surface area contributed by atoms with Gasteiger partial charge in [0, 0.05) is 11.3 Å². The maximum atomic E-state index is 11.9. The minimum atomic E-state index is -1.27. The molecule has 8 nitrogen and oxygen atoms in total. The molecule has 2 rings (SSSR count). The highest BCUT2D eigenvalue weighted by Gasteiger charge is 2.45. The quantitative estimate of drug-likeness (QED) is 0.658. The average molecular weight is 294 g/mol. The number of carbonyl (C=O) groups is 2. The molecule has 1 aromatic carbocycles. The van der Waals surface area contributed by atoms with Crippen molar-refractivity contribution in [2.24, 2.45) is 0 Å². The number of carboxylic acid groups (broad SMARTS) is 1. The van der Waals surface area contributed by atoms with Crippen molar-refractivity contribution in [1.29, 1.82) is 0 Å². The molecular weight excluding hydrogens is 280 g/mol. The maximum absolute atomic E-state index is 11.9. The van der Waals surface area contributed by atoms with E-state index in [0.717, 1.165) is 10.5 Å². The first kappa shape index (κ1) is 14.8. The largest absolute Gasteiger partial charge is 0.480 e. The van der Waals surface area contributed by atoms with Gasteiger partial charge in [-0.1, -0.05) is 30.3 Å². The Balaban J connectivity index is 1.99. The number of benzene rings is 1. The molecule has 0 bridgehead atoms. The Kier molecular flexibility index (Phi) is 4.36. The third-order valence-corrected chi connectivity index (χ3v) is 3.30. The molecule has 1 amide bonds. The van der Waals surface area contributed by atoms with Crippen LogP contribution >= 0.6 is 0 Å². The SMILES string of the molecule is O=C(O)C1CC([N+](=O)[O-])CN1C(=O)OCc1ccccc1. The van der Waals surface area contributed by atoms with Crippen LogP contribution in [0.3, 0.4) is 0 Å². The minimum Gasteiger partial charge on any atom is -0.480 e. The number of rotatable bonds is 4. The molecule has 0 saturated carbocycles. The molecule has 1 fully saturated rings. The second kappa shape index (κ2) is 6.21. The third kappa shape index (κ3) is 3.47. The van der Waals surface area contributed by atoms with Gasteiger partial charge < -0.3 is 9.84 Å². The van der Waals surface area contributed by atoms with E-state index < -0.39 is 29.1 Å². The van der Waals surface area contributed by atoms with Crippen LogP contribution < -0.4 is 0 Å². The summed E-state index contributed by atoms with van der Waals surface area (Å²) in [5, 5.41) is 19.8. The molecule has 21 heavy (non-hydrogen) atoms. The summed E-state index contributed by atoms with van der Waals surface area (Å²) in [6.45, 7) is -0.261. The number of amides is 1. The van der Waals surface area contributed by atoms with Crippen LogP contribution in [-0.2, 0) is 16.1 Å². The van der Waals surface area contributed by atoms with Gasteiger partial charge in [-0.15, -0.1) is 0 Å². The van der Waals surface area contributed by atoms with Crippen molar-refractivity contribution >= 4 is 12.1 Å². The van der Waals surface area contributed by atoms with Crippen molar-refractivity contribution in [3.8, 4) is 0 Å². The first-order valence-electron chi connectivity index (χ1n) is 6.32. The zero-order valence-electron chi connectivity index (χ0n) is 11.0. The molecule has 2 atom stereocenters. The van der Waals surface area contributed by atoms with Gasteiger partial charge in [-0.05, 0) is 5.56 Å². The lowest BCUT2D eigenvalue weighted by Crippen LogP contribution is -2.41. The normalized spacial score (nSPS) is 21.0. The molecule has 1 saturated heterocycles. The van der Waals surface area contributed by atoms with Crippen LogP contribution in [0.1, 0.15) is 12.0 Å². The highest BCUT2D eigenvalue weighted by Crippen LogP contribution is 2.21. The van der Waals surface area contributed by atoms with E-state index in [4.69, 9.17) is 9.84 Å². The molecule has 1 N–H and O–H groups in total. The molecule has 112 valence electrons. The number of nitro groups is 1.